The quantitative estimate of drug-likeness (QED) is 0.666. The van der Waals surface area contributed by atoms with Crippen LogP contribution in [-0.4, -0.2) is 31.7 Å². The second-order valence-corrected chi connectivity index (χ2v) is 5.77. The van der Waals surface area contributed by atoms with Gasteiger partial charge in [-0.05, 0) is 35.9 Å². The Labute approximate surface area is 139 Å². The minimum absolute atomic E-state index is 0.473. The molecular weight excluding hydrogens is 306 g/mol. The second-order valence-electron chi connectivity index (χ2n) is 5.77. The molecule has 0 aromatic heterocycles. The maximum absolute atomic E-state index is 12.4. The number of fused-ring (bicyclic) bond motifs is 1. The van der Waals surface area contributed by atoms with Crippen molar-refractivity contribution in [2.75, 3.05) is 29.6 Å². The third-order valence-corrected chi connectivity index (χ3v) is 3.92. The van der Waals surface area contributed by atoms with E-state index >= 15 is 0 Å². The van der Waals surface area contributed by atoms with Gasteiger partial charge >= 0.3 is 0 Å². The number of anilines is 3. The summed E-state index contributed by atoms with van der Waals surface area (Å²) in [4.78, 5) is 38.6. The van der Waals surface area contributed by atoms with E-state index in [2.05, 4.69) is 10.6 Å². The zero-order chi connectivity index (χ0) is 17.3. The Bertz CT molecular complexity index is 813. The summed E-state index contributed by atoms with van der Waals surface area (Å²) in [6.07, 6.45) is 0. The van der Waals surface area contributed by atoms with Crippen LogP contribution in [0.15, 0.2) is 48.5 Å². The van der Waals surface area contributed by atoms with E-state index in [0.29, 0.717) is 16.9 Å². The van der Waals surface area contributed by atoms with E-state index < -0.39 is 23.5 Å². The van der Waals surface area contributed by atoms with Crippen LogP contribution in [0.25, 0.3) is 0 Å². The summed E-state index contributed by atoms with van der Waals surface area (Å²) in [5, 5.41) is 5.17. The number of hydrogen-bond acceptors (Lipinski definition) is 4. The van der Waals surface area contributed by atoms with Gasteiger partial charge in [-0.25, -0.2) is 0 Å². The SMILES string of the molecule is CN(C)c1ccc(NC(=O)C(=O)[C@@H]2C(=O)Nc3ccccc32)cc1. The molecule has 1 aliphatic rings. The van der Waals surface area contributed by atoms with E-state index in [-0.39, 0.29) is 0 Å². The molecule has 0 radical (unpaired) electrons. The third kappa shape index (κ3) is 2.86. The standard InChI is InChI=1S/C18H17N3O3/c1-21(2)12-9-7-11(8-10-12)19-18(24)16(22)15-13-5-3-4-6-14(13)20-17(15)23/h3-10,15H,1-2H3,(H,19,24)(H,20,23)/t15-/m1/s1. The van der Waals surface area contributed by atoms with Gasteiger partial charge in [0.15, 0.2) is 0 Å². The largest absolute Gasteiger partial charge is 0.378 e. The number of hydrogen-bond donors (Lipinski definition) is 2. The third-order valence-electron chi connectivity index (χ3n) is 3.92. The Kier molecular flexibility index (Phi) is 4.04. The van der Waals surface area contributed by atoms with E-state index in [1.165, 1.54) is 0 Å². The summed E-state index contributed by atoms with van der Waals surface area (Å²) in [6, 6.07) is 14.0. The molecule has 3 rings (SSSR count). The maximum atomic E-state index is 12.4. The normalized spacial score (nSPS) is 15.4. The molecule has 0 spiro atoms. The zero-order valence-corrected chi connectivity index (χ0v) is 13.4. The molecule has 0 saturated carbocycles. The number of benzene rings is 2. The lowest BCUT2D eigenvalue weighted by atomic mass is 9.95. The van der Waals surface area contributed by atoms with Gasteiger partial charge in [-0.1, -0.05) is 18.2 Å². The van der Waals surface area contributed by atoms with Crippen LogP contribution in [0.4, 0.5) is 17.1 Å². The minimum Gasteiger partial charge on any atom is -0.378 e. The summed E-state index contributed by atoms with van der Waals surface area (Å²) in [5.74, 6) is -3.14. The van der Waals surface area contributed by atoms with Crippen molar-refractivity contribution < 1.29 is 14.4 Å². The molecule has 0 bridgehead atoms. The molecule has 2 aromatic carbocycles. The fraction of sp³-hybridized carbons (Fsp3) is 0.167. The zero-order valence-electron chi connectivity index (χ0n) is 13.4. The number of nitrogens with zero attached hydrogens (tertiary/aromatic N) is 1. The number of amides is 2. The molecule has 6 nitrogen and oxygen atoms in total. The van der Waals surface area contributed by atoms with Crippen molar-refractivity contribution in [2.45, 2.75) is 5.92 Å². The number of nitrogens with one attached hydrogen (secondary N) is 2. The Morgan fingerprint density at radius 3 is 2.38 bits per heavy atom. The summed E-state index contributed by atoms with van der Waals surface area (Å²) >= 11 is 0. The highest BCUT2D eigenvalue weighted by atomic mass is 16.2. The van der Waals surface area contributed by atoms with Crippen molar-refractivity contribution in [1.82, 2.24) is 0 Å². The average Bonchev–Trinajstić information content (AvgIpc) is 2.90. The summed E-state index contributed by atoms with van der Waals surface area (Å²) < 4.78 is 0. The number of carbonyl (C=O) groups is 3. The lowest BCUT2D eigenvalue weighted by Crippen LogP contribution is -2.31. The highest BCUT2D eigenvalue weighted by Crippen LogP contribution is 2.32. The number of Topliss-reactive ketones (excluding diaryl/α,β-unsaturated/α-hetero) is 1. The predicted molar refractivity (Wildman–Crippen MR) is 92.2 cm³/mol. The molecule has 1 aliphatic heterocycles. The first-order valence-electron chi connectivity index (χ1n) is 7.50. The van der Waals surface area contributed by atoms with Gasteiger partial charge in [0.05, 0.1) is 0 Å². The van der Waals surface area contributed by atoms with E-state index in [1.54, 1.807) is 36.4 Å². The van der Waals surface area contributed by atoms with Crippen molar-refractivity contribution in [1.29, 1.82) is 0 Å². The predicted octanol–water partition coefficient (Wildman–Crippen LogP) is 2.00. The van der Waals surface area contributed by atoms with E-state index in [9.17, 15) is 14.4 Å². The summed E-state index contributed by atoms with van der Waals surface area (Å²) in [6.45, 7) is 0. The molecule has 2 N–H and O–H groups in total. The highest BCUT2D eigenvalue weighted by Gasteiger charge is 2.39. The van der Waals surface area contributed by atoms with Crippen molar-refractivity contribution in [3.8, 4) is 0 Å². The average molecular weight is 323 g/mol. The first kappa shape index (κ1) is 15.7. The van der Waals surface area contributed by atoms with Gasteiger partial charge in [-0.2, -0.15) is 0 Å². The van der Waals surface area contributed by atoms with Crippen LogP contribution in [0.3, 0.4) is 0 Å². The minimum atomic E-state index is -1.10. The molecule has 1 heterocycles. The molecule has 6 heteroatoms. The van der Waals surface area contributed by atoms with Crippen molar-refractivity contribution in [3.05, 3.63) is 54.1 Å². The summed E-state index contributed by atoms with van der Waals surface area (Å²) in [5.41, 5.74) is 2.59. The van der Waals surface area contributed by atoms with Crippen molar-refractivity contribution >= 4 is 34.7 Å². The van der Waals surface area contributed by atoms with Gasteiger partial charge in [0.25, 0.3) is 5.91 Å². The monoisotopic (exact) mass is 323 g/mol. The Hall–Kier alpha value is -3.15. The molecule has 2 aromatic rings. The fourth-order valence-electron chi connectivity index (χ4n) is 2.64. The van der Waals surface area contributed by atoms with Crippen LogP contribution >= 0.6 is 0 Å². The first-order chi connectivity index (χ1) is 11.5. The molecule has 1 atom stereocenters. The number of rotatable bonds is 4. The topological polar surface area (TPSA) is 78.5 Å². The molecule has 24 heavy (non-hydrogen) atoms. The van der Waals surface area contributed by atoms with Crippen LogP contribution in [0.1, 0.15) is 11.5 Å². The number of ketones is 1. The van der Waals surface area contributed by atoms with Crippen molar-refractivity contribution in [2.24, 2.45) is 0 Å². The van der Waals surface area contributed by atoms with Gasteiger partial charge in [0.2, 0.25) is 11.7 Å². The molecule has 0 fully saturated rings. The lowest BCUT2D eigenvalue weighted by molar-refractivity contribution is -0.138. The van der Waals surface area contributed by atoms with Crippen LogP contribution in [0.5, 0.6) is 0 Å². The maximum Gasteiger partial charge on any atom is 0.292 e. The number of para-hydroxylation sites is 1. The second kappa shape index (κ2) is 6.16. The van der Waals surface area contributed by atoms with Gasteiger partial charge in [-0.15, -0.1) is 0 Å². The van der Waals surface area contributed by atoms with Crippen molar-refractivity contribution in [3.63, 3.8) is 0 Å². The Morgan fingerprint density at radius 2 is 1.71 bits per heavy atom. The molecule has 0 unspecified atom stereocenters. The molecule has 0 aliphatic carbocycles. The van der Waals surface area contributed by atoms with E-state index in [1.807, 2.05) is 31.1 Å². The van der Waals surface area contributed by atoms with Crippen LogP contribution in [0.2, 0.25) is 0 Å². The number of carbonyl (C=O) groups excluding carboxylic acids is 3. The van der Waals surface area contributed by atoms with Gasteiger partial charge < -0.3 is 15.5 Å². The van der Waals surface area contributed by atoms with Crippen LogP contribution in [-0.2, 0) is 14.4 Å². The van der Waals surface area contributed by atoms with Gasteiger partial charge in [-0.3, -0.25) is 14.4 Å². The fourth-order valence-corrected chi connectivity index (χ4v) is 2.64. The van der Waals surface area contributed by atoms with Crippen LogP contribution < -0.4 is 15.5 Å². The first-order valence-corrected chi connectivity index (χ1v) is 7.50. The lowest BCUT2D eigenvalue weighted by Gasteiger charge is -2.13. The Morgan fingerprint density at radius 1 is 1.04 bits per heavy atom. The molecule has 122 valence electrons. The molecule has 2 amide bonds. The van der Waals surface area contributed by atoms with Crippen LogP contribution in [0, 0.1) is 0 Å². The molecular formula is C18H17N3O3. The van der Waals surface area contributed by atoms with Gasteiger partial charge in [0.1, 0.15) is 5.92 Å². The summed E-state index contributed by atoms with van der Waals surface area (Å²) in [7, 11) is 3.82. The van der Waals surface area contributed by atoms with E-state index in [0.717, 1.165) is 5.69 Å². The van der Waals surface area contributed by atoms with Gasteiger partial charge in [0, 0.05) is 31.2 Å². The smallest absolute Gasteiger partial charge is 0.292 e. The highest BCUT2D eigenvalue weighted by molar-refractivity contribution is 6.47. The Balaban J connectivity index is 1.76. The molecule has 0 saturated heterocycles. The van der Waals surface area contributed by atoms with E-state index in [4.69, 9.17) is 0 Å².